The highest BCUT2D eigenvalue weighted by Gasteiger charge is 2.42. The summed E-state index contributed by atoms with van der Waals surface area (Å²) in [4.78, 5) is 17.0. The van der Waals surface area contributed by atoms with Gasteiger partial charge >= 0.3 is 0 Å². The fourth-order valence-electron chi connectivity index (χ4n) is 3.43. The van der Waals surface area contributed by atoms with Crippen LogP contribution in [-0.4, -0.2) is 22.4 Å². The Bertz CT molecular complexity index is 584. The van der Waals surface area contributed by atoms with Crippen molar-refractivity contribution in [2.24, 2.45) is 16.8 Å². The third-order valence-electron chi connectivity index (χ3n) is 4.81. The lowest BCUT2D eigenvalue weighted by Gasteiger charge is -2.36. The van der Waals surface area contributed by atoms with Gasteiger partial charge in [-0.25, -0.2) is 0 Å². The molecule has 1 fully saturated rings. The Hall–Kier alpha value is -1.84. The zero-order valence-corrected chi connectivity index (χ0v) is 12.6. The Labute approximate surface area is 125 Å². The summed E-state index contributed by atoms with van der Waals surface area (Å²) < 4.78 is 0. The van der Waals surface area contributed by atoms with Gasteiger partial charge in [-0.3, -0.25) is 9.79 Å². The highest BCUT2D eigenvalue weighted by Crippen LogP contribution is 2.38. The van der Waals surface area contributed by atoms with Gasteiger partial charge in [-0.1, -0.05) is 26.0 Å². The molecule has 0 aromatic heterocycles. The Balaban J connectivity index is 1.83. The van der Waals surface area contributed by atoms with E-state index >= 15 is 0 Å². The van der Waals surface area contributed by atoms with Crippen LogP contribution < -0.4 is 5.32 Å². The monoisotopic (exact) mass is 286 g/mol. The van der Waals surface area contributed by atoms with E-state index in [0.717, 1.165) is 31.6 Å². The molecule has 0 unspecified atom stereocenters. The number of benzene rings is 1. The molecule has 0 radical (unpaired) electrons. The summed E-state index contributed by atoms with van der Waals surface area (Å²) in [6.45, 7) is 4.52. The molecule has 4 heteroatoms. The standard InChI is InChI=1S/C17H22N2O2/c1-11(2)12-6-8-17(9-7-12)18-15(16(21)19-17)13-4-3-5-14(20)10-13/h3-5,10-12,20H,6-9H2,1-2H3,(H,19,21). The maximum atomic E-state index is 12.3. The van der Waals surface area contributed by atoms with Crippen LogP contribution in [0.15, 0.2) is 29.3 Å². The van der Waals surface area contributed by atoms with Gasteiger partial charge in [0.1, 0.15) is 17.1 Å². The number of aliphatic imine (C=N–C) groups is 1. The van der Waals surface area contributed by atoms with Crippen molar-refractivity contribution in [3.63, 3.8) is 0 Å². The first kappa shape index (κ1) is 14.1. The Kier molecular flexibility index (Phi) is 3.47. The predicted molar refractivity (Wildman–Crippen MR) is 82.3 cm³/mol. The van der Waals surface area contributed by atoms with Gasteiger partial charge in [0.2, 0.25) is 0 Å². The first-order valence-electron chi connectivity index (χ1n) is 7.71. The summed E-state index contributed by atoms with van der Waals surface area (Å²) in [5, 5.41) is 12.6. The largest absolute Gasteiger partial charge is 0.508 e. The highest BCUT2D eigenvalue weighted by molar-refractivity contribution is 6.46. The number of carbonyl (C=O) groups is 1. The van der Waals surface area contributed by atoms with Crippen molar-refractivity contribution in [1.82, 2.24) is 5.32 Å². The first-order valence-corrected chi connectivity index (χ1v) is 7.71. The summed E-state index contributed by atoms with van der Waals surface area (Å²) in [5.74, 6) is 1.46. The minimum Gasteiger partial charge on any atom is -0.508 e. The zero-order valence-electron chi connectivity index (χ0n) is 12.6. The number of aromatic hydroxyl groups is 1. The van der Waals surface area contributed by atoms with Crippen LogP contribution in [0.1, 0.15) is 45.1 Å². The van der Waals surface area contributed by atoms with Gasteiger partial charge < -0.3 is 10.4 Å². The fraction of sp³-hybridized carbons (Fsp3) is 0.529. The first-order chi connectivity index (χ1) is 9.99. The van der Waals surface area contributed by atoms with E-state index in [-0.39, 0.29) is 11.7 Å². The molecule has 1 aromatic carbocycles. The second-order valence-corrected chi connectivity index (χ2v) is 6.58. The molecule has 1 aliphatic heterocycles. The lowest BCUT2D eigenvalue weighted by atomic mass is 9.77. The lowest BCUT2D eigenvalue weighted by molar-refractivity contribution is -0.115. The predicted octanol–water partition coefficient (Wildman–Crippen LogP) is 2.85. The van der Waals surface area contributed by atoms with E-state index in [2.05, 4.69) is 19.2 Å². The van der Waals surface area contributed by atoms with Crippen molar-refractivity contribution in [2.75, 3.05) is 0 Å². The summed E-state index contributed by atoms with van der Waals surface area (Å²) in [5.41, 5.74) is 0.729. The SMILES string of the molecule is CC(C)C1CCC2(CC1)N=C(c1cccc(O)c1)C(=O)N2. The topological polar surface area (TPSA) is 61.7 Å². The molecule has 1 heterocycles. The van der Waals surface area contributed by atoms with Crippen LogP contribution in [-0.2, 0) is 4.79 Å². The number of hydrogen-bond acceptors (Lipinski definition) is 3. The third-order valence-corrected chi connectivity index (χ3v) is 4.81. The lowest BCUT2D eigenvalue weighted by Crippen LogP contribution is -2.45. The molecule has 1 aliphatic carbocycles. The molecular formula is C17H22N2O2. The number of nitrogens with zero attached hydrogens (tertiary/aromatic N) is 1. The van der Waals surface area contributed by atoms with E-state index in [0.29, 0.717) is 17.2 Å². The second-order valence-electron chi connectivity index (χ2n) is 6.58. The Morgan fingerprint density at radius 2 is 2.05 bits per heavy atom. The number of phenolic OH excluding ortho intramolecular Hbond substituents is 1. The van der Waals surface area contributed by atoms with Crippen LogP contribution >= 0.6 is 0 Å². The number of carbonyl (C=O) groups excluding carboxylic acids is 1. The van der Waals surface area contributed by atoms with Crippen LogP contribution in [0.3, 0.4) is 0 Å². The van der Waals surface area contributed by atoms with Crippen molar-refractivity contribution in [3.05, 3.63) is 29.8 Å². The van der Waals surface area contributed by atoms with Crippen molar-refractivity contribution in [1.29, 1.82) is 0 Å². The average molecular weight is 286 g/mol. The minimum atomic E-state index is -0.413. The van der Waals surface area contributed by atoms with Gasteiger partial charge in [0.25, 0.3) is 5.91 Å². The molecule has 21 heavy (non-hydrogen) atoms. The minimum absolute atomic E-state index is 0.122. The molecule has 0 bridgehead atoms. The van der Waals surface area contributed by atoms with Crippen molar-refractivity contribution in [3.8, 4) is 5.75 Å². The molecule has 2 aliphatic rings. The summed E-state index contributed by atoms with van der Waals surface area (Å²) in [6, 6.07) is 6.75. The van der Waals surface area contributed by atoms with Gasteiger partial charge in [-0.2, -0.15) is 0 Å². The molecule has 4 nitrogen and oxygen atoms in total. The van der Waals surface area contributed by atoms with Crippen LogP contribution in [0.4, 0.5) is 0 Å². The molecule has 1 amide bonds. The maximum absolute atomic E-state index is 12.3. The summed E-state index contributed by atoms with van der Waals surface area (Å²) >= 11 is 0. The normalized spacial score (nSPS) is 28.8. The quantitative estimate of drug-likeness (QED) is 0.878. The molecular weight excluding hydrogens is 264 g/mol. The third kappa shape index (κ3) is 2.67. The van der Waals surface area contributed by atoms with Crippen LogP contribution in [0.2, 0.25) is 0 Å². The van der Waals surface area contributed by atoms with E-state index in [1.165, 1.54) is 0 Å². The van der Waals surface area contributed by atoms with Crippen LogP contribution in [0.5, 0.6) is 5.75 Å². The van der Waals surface area contributed by atoms with Crippen molar-refractivity contribution >= 4 is 11.6 Å². The number of hydrogen-bond donors (Lipinski definition) is 2. The van der Waals surface area contributed by atoms with Crippen LogP contribution in [0.25, 0.3) is 0 Å². The molecule has 0 saturated heterocycles. The molecule has 1 spiro atoms. The maximum Gasteiger partial charge on any atom is 0.272 e. The second kappa shape index (κ2) is 5.17. The summed E-state index contributed by atoms with van der Waals surface area (Å²) in [6.07, 6.45) is 4.03. The van der Waals surface area contributed by atoms with Gasteiger partial charge in [-0.15, -0.1) is 0 Å². The number of amides is 1. The van der Waals surface area contributed by atoms with Gasteiger partial charge in [-0.05, 0) is 49.7 Å². The average Bonchev–Trinajstić information content (AvgIpc) is 2.76. The molecule has 1 saturated carbocycles. The van der Waals surface area contributed by atoms with Crippen molar-refractivity contribution in [2.45, 2.75) is 45.2 Å². The molecule has 3 rings (SSSR count). The van der Waals surface area contributed by atoms with Crippen molar-refractivity contribution < 1.29 is 9.90 Å². The fourth-order valence-corrected chi connectivity index (χ4v) is 3.43. The van der Waals surface area contributed by atoms with Gasteiger partial charge in [0.05, 0.1) is 0 Å². The van der Waals surface area contributed by atoms with E-state index in [4.69, 9.17) is 4.99 Å². The molecule has 112 valence electrons. The number of rotatable bonds is 2. The van der Waals surface area contributed by atoms with Gasteiger partial charge in [0, 0.05) is 5.56 Å². The number of phenols is 1. The highest BCUT2D eigenvalue weighted by atomic mass is 16.3. The van der Waals surface area contributed by atoms with Crippen LogP contribution in [0, 0.1) is 11.8 Å². The molecule has 0 atom stereocenters. The summed E-state index contributed by atoms with van der Waals surface area (Å²) in [7, 11) is 0. The Morgan fingerprint density at radius 1 is 1.33 bits per heavy atom. The molecule has 2 N–H and O–H groups in total. The van der Waals surface area contributed by atoms with E-state index in [1.54, 1.807) is 18.2 Å². The van der Waals surface area contributed by atoms with E-state index in [9.17, 15) is 9.90 Å². The van der Waals surface area contributed by atoms with Gasteiger partial charge in [0.15, 0.2) is 0 Å². The molecule has 1 aromatic rings. The smallest absolute Gasteiger partial charge is 0.272 e. The van der Waals surface area contributed by atoms with E-state index in [1.807, 2.05) is 6.07 Å². The number of nitrogens with one attached hydrogen (secondary N) is 1. The Morgan fingerprint density at radius 3 is 2.67 bits per heavy atom. The zero-order chi connectivity index (χ0) is 15.0. The van der Waals surface area contributed by atoms with E-state index < -0.39 is 5.66 Å².